The van der Waals surface area contributed by atoms with Crippen molar-refractivity contribution in [2.75, 3.05) is 5.32 Å². The van der Waals surface area contributed by atoms with Gasteiger partial charge in [-0.15, -0.1) is 0 Å². The quantitative estimate of drug-likeness (QED) is 0.756. The summed E-state index contributed by atoms with van der Waals surface area (Å²) in [5.41, 5.74) is 0.486. The lowest BCUT2D eigenvalue weighted by atomic mass is 9.95. The van der Waals surface area contributed by atoms with Crippen LogP contribution in [0.25, 0.3) is 0 Å². The molecule has 1 rings (SSSR count). The van der Waals surface area contributed by atoms with Crippen LogP contribution in [0.4, 0.5) is 10.1 Å². The minimum atomic E-state index is -0.519. The highest BCUT2D eigenvalue weighted by Crippen LogP contribution is 2.22. The topological polar surface area (TPSA) is 29.1 Å². The molecule has 1 N–H and O–H groups in total. The first-order chi connectivity index (χ1) is 6.82. The van der Waals surface area contributed by atoms with Gasteiger partial charge in [-0.3, -0.25) is 4.79 Å². The SMILES string of the molecule is Cc1cccc(F)c1NC(=O)C(C)(C)C. The fourth-order valence-electron chi connectivity index (χ4n) is 1.09. The van der Waals surface area contributed by atoms with E-state index in [0.29, 0.717) is 0 Å². The number of carbonyl (C=O) groups excluding carboxylic acids is 1. The molecule has 1 aromatic carbocycles. The summed E-state index contributed by atoms with van der Waals surface area (Å²) in [4.78, 5) is 11.7. The second kappa shape index (κ2) is 4.01. The Kier molecular flexibility index (Phi) is 3.12. The van der Waals surface area contributed by atoms with Crippen LogP contribution < -0.4 is 5.32 Å². The second-order valence-corrected chi connectivity index (χ2v) is 4.64. The van der Waals surface area contributed by atoms with E-state index in [0.717, 1.165) is 5.56 Å². The molecule has 0 bridgehead atoms. The average Bonchev–Trinajstić information content (AvgIpc) is 2.09. The summed E-state index contributed by atoms with van der Waals surface area (Å²) in [6.45, 7) is 7.14. The van der Waals surface area contributed by atoms with E-state index in [1.807, 2.05) is 0 Å². The molecule has 0 aromatic heterocycles. The lowest BCUT2D eigenvalue weighted by molar-refractivity contribution is -0.123. The lowest BCUT2D eigenvalue weighted by Crippen LogP contribution is -2.28. The third kappa shape index (κ3) is 2.78. The monoisotopic (exact) mass is 209 g/mol. The Labute approximate surface area is 89.5 Å². The molecule has 0 aliphatic carbocycles. The van der Waals surface area contributed by atoms with Crippen molar-refractivity contribution in [3.05, 3.63) is 29.6 Å². The standard InChI is InChI=1S/C12H16FNO/c1-8-6-5-7-9(13)10(8)14-11(15)12(2,3)4/h5-7H,1-4H3,(H,14,15). The smallest absolute Gasteiger partial charge is 0.229 e. The summed E-state index contributed by atoms with van der Waals surface area (Å²) in [5, 5.41) is 2.60. The van der Waals surface area contributed by atoms with Crippen LogP contribution in [-0.2, 0) is 4.79 Å². The van der Waals surface area contributed by atoms with Crippen LogP contribution in [0.15, 0.2) is 18.2 Å². The highest BCUT2D eigenvalue weighted by atomic mass is 19.1. The van der Waals surface area contributed by atoms with Crippen molar-refractivity contribution in [2.24, 2.45) is 5.41 Å². The third-order valence-electron chi connectivity index (χ3n) is 2.14. The van der Waals surface area contributed by atoms with Gasteiger partial charge in [0.25, 0.3) is 0 Å². The molecule has 1 aromatic rings. The van der Waals surface area contributed by atoms with Gasteiger partial charge in [0.15, 0.2) is 0 Å². The maximum Gasteiger partial charge on any atom is 0.229 e. The van der Waals surface area contributed by atoms with Crippen molar-refractivity contribution in [1.29, 1.82) is 0 Å². The minimum Gasteiger partial charge on any atom is -0.323 e. The normalized spacial score (nSPS) is 11.3. The Balaban J connectivity index is 2.95. The summed E-state index contributed by atoms with van der Waals surface area (Å²) >= 11 is 0. The van der Waals surface area contributed by atoms with Gasteiger partial charge in [-0.05, 0) is 18.6 Å². The van der Waals surface area contributed by atoms with Gasteiger partial charge in [0.2, 0.25) is 5.91 Å². The van der Waals surface area contributed by atoms with Crippen LogP contribution in [0.2, 0.25) is 0 Å². The van der Waals surface area contributed by atoms with Gasteiger partial charge >= 0.3 is 0 Å². The number of carbonyl (C=O) groups is 1. The maximum atomic E-state index is 13.4. The van der Waals surface area contributed by atoms with Gasteiger partial charge in [0.1, 0.15) is 5.82 Å². The molecule has 2 nitrogen and oxygen atoms in total. The zero-order chi connectivity index (χ0) is 11.6. The number of aryl methyl sites for hydroxylation is 1. The van der Waals surface area contributed by atoms with E-state index in [4.69, 9.17) is 0 Å². The molecule has 1 amide bonds. The average molecular weight is 209 g/mol. The van der Waals surface area contributed by atoms with Crippen molar-refractivity contribution < 1.29 is 9.18 Å². The molecule has 3 heteroatoms. The highest BCUT2D eigenvalue weighted by molar-refractivity contribution is 5.95. The van der Waals surface area contributed by atoms with E-state index < -0.39 is 11.2 Å². The van der Waals surface area contributed by atoms with Gasteiger partial charge in [0, 0.05) is 5.41 Å². The minimum absolute atomic E-state index is 0.185. The summed E-state index contributed by atoms with van der Waals surface area (Å²) in [7, 11) is 0. The van der Waals surface area contributed by atoms with Crippen molar-refractivity contribution in [1.82, 2.24) is 0 Å². The van der Waals surface area contributed by atoms with Gasteiger partial charge in [0.05, 0.1) is 5.69 Å². The van der Waals surface area contributed by atoms with E-state index in [9.17, 15) is 9.18 Å². The first kappa shape index (κ1) is 11.7. The number of hydrogen-bond acceptors (Lipinski definition) is 1. The number of anilines is 1. The van der Waals surface area contributed by atoms with Crippen molar-refractivity contribution in [2.45, 2.75) is 27.7 Å². The Morgan fingerprint density at radius 1 is 1.33 bits per heavy atom. The van der Waals surface area contributed by atoms with Crippen molar-refractivity contribution >= 4 is 11.6 Å². The summed E-state index contributed by atoms with van der Waals surface area (Å²) in [6.07, 6.45) is 0. The molecular formula is C12H16FNO. The Hall–Kier alpha value is -1.38. The molecule has 0 heterocycles. The molecule has 0 aliphatic heterocycles. The molecule has 15 heavy (non-hydrogen) atoms. The van der Waals surface area contributed by atoms with Gasteiger partial charge in [-0.2, -0.15) is 0 Å². The largest absolute Gasteiger partial charge is 0.323 e. The number of rotatable bonds is 1. The summed E-state index contributed by atoms with van der Waals surface area (Å²) in [6, 6.07) is 4.73. The van der Waals surface area contributed by atoms with Crippen molar-refractivity contribution in [3.8, 4) is 0 Å². The van der Waals surface area contributed by atoms with Crippen LogP contribution in [0, 0.1) is 18.2 Å². The second-order valence-electron chi connectivity index (χ2n) is 4.64. The van der Waals surface area contributed by atoms with E-state index in [1.165, 1.54) is 6.07 Å². The summed E-state index contributed by atoms with van der Waals surface area (Å²) in [5.74, 6) is -0.580. The predicted molar refractivity (Wildman–Crippen MR) is 59.2 cm³/mol. The molecule has 0 fully saturated rings. The van der Waals surface area contributed by atoms with Crippen LogP contribution in [0.1, 0.15) is 26.3 Å². The molecule has 0 saturated carbocycles. The van der Waals surface area contributed by atoms with E-state index in [2.05, 4.69) is 5.32 Å². The molecule has 0 atom stereocenters. The first-order valence-corrected chi connectivity index (χ1v) is 4.89. The number of halogens is 1. The third-order valence-corrected chi connectivity index (χ3v) is 2.14. The zero-order valence-corrected chi connectivity index (χ0v) is 9.52. The maximum absolute atomic E-state index is 13.4. The van der Waals surface area contributed by atoms with Crippen LogP contribution in [0.5, 0.6) is 0 Å². The first-order valence-electron chi connectivity index (χ1n) is 4.89. The van der Waals surface area contributed by atoms with Crippen LogP contribution in [-0.4, -0.2) is 5.91 Å². The Morgan fingerprint density at radius 3 is 2.40 bits per heavy atom. The molecule has 0 saturated heterocycles. The predicted octanol–water partition coefficient (Wildman–Crippen LogP) is 3.12. The zero-order valence-electron chi connectivity index (χ0n) is 9.52. The van der Waals surface area contributed by atoms with Crippen molar-refractivity contribution in [3.63, 3.8) is 0 Å². The van der Waals surface area contributed by atoms with E-state index >= 15 is 0 Å². The Bertz CT molecular complexity index is 359. The summed E-state index contributed by atoms with van der Waals surface area (Å²) < 4.78 is 13.4. The molecular weight excluding hydrogens is 193 g/mol. The van der Waals surface area contributed by atoms with E-state index in [1.54, 1.807) is 39.8 Å². The Morgan fingerprint density at radius 2 is 1.93 bits per heavy atom. The van der Waals surface area contributed by atoms with Gasteiger partial charge < -0.3 is 5.32 Å². The number of hydrogen-bond donors (Lipinski definition) is 1. The molecule has 0 unspecified atom stereocenters. The molecule has 82 valence electrons. The molecule has 0 aliphatic rings. The number of amides is 1. The fraction of sp³-hybridized carbons (Fsp3) is 0.417. The molecule has 0 spiro atoms. The highest BCUT2D eigenvalue weighted by Gasteiger charge is 2.22. The van der Waals surface area contributed by atoms with Crippen LogP contribution in [0.3, 0.4) is 0 Å². The number of benzene rings is 1. The lowest BCUT2D eigenvalue weighted by Gasteiger charge is -2.18. The number of para-hydroxylation sites is 1. The van der Waals surface area contributed by atoms with Crippen LogP contribution >= 0.6 is 0 Å². The number of nitrogens with one attached hydrogen (secondary N) is 1. The van der Waals surface area contributed by atoms with Gasteiger partial charge in [-0.1, -0.05) is 32.9 Å². The van der Waals surface area contributed by atoms with Gasteiger partial charge in [-0.25, -0.2) is 4.39 Å². The molecule has 0 radical (unpaired) electrons. The van der Waals surface area contributed by atoms with E-state index in [-0.39, 0.29) is 11.6 Å². The fourth-order valence-corrected chi connectivity index (χ4v) is 1.09.